The van der Waals surface area contributed by atoms with Crippen LogP contribution in [0.2, 0.25) is 0 Å². The smallest absolute Gasteiger partial charge is 0.142 e. The number of hydrogen-bond acceptors (Lipinski definition) is 1. The molecule has 1 unspecified atom stereocenters. The van der Waals surface area contributed by atoms with Crippen LogP contribution in [0.1, 0.15) is 16.7 Å². The molecular formula is C23H18O. The lowest BCUT2D eigenvalue weighted by molar-refractivity contribution is -0.110. The predicted molar refractivity (Wildman–Crippen MR) is 97.7 cm³/mol. The number of aldehydes is 1. The zero-order valence-corrected chi connectivity index (χ0v) is 13.4. The van der Waals surface area contributed by atoms with Crippen LogP contribution in [0.4, 0.5) is 0 Å². The van der Waals surface area contributed by atoms with Gasteiger partial charge in [-0.15, -0.1) is 0 Å². The van der Waals surface area contributed by atoms with Gasteiger partial charge in [-0.2, -0.15) is 0 Å². The highest BCUT2D eigenvalue weighted by Gasteiger charge is 2.30. The van der Waals surface area contributed by atoms with Crippen molar-refractivity contribution in [3.63, 3.8) is 0 Å². The van der Waals surface area contributed by atoms with Crippen LogP contribution in [-0.4, -0.2) is 6.29 Å². The molecule has 0 aliphatic rings. The van der Waals surface area contributed by atoms with Crippen molar-refractivity contribution in [1.29, 1.82) is 0 Å². The minimum absolute atomic E-state index is 0.557. The predicted octanol–water partition coefficient (Wildman–Crippen LogP) is 4.42. The Bertz CT molecular complexity index is 842. The van der Waals surface area contributed by atoms with Crippen molar-refractivity contribution in [2.24, 2.45) is 0 Å². The Kier molecular flexibility index (Phi) is 4.89. The maximum Gasteiger partial charge on any atom is 0.142 e. The topological polar surface area (TPSA) is 17.1 Å². The molecule has 0 aliphatic carbocycles. The molecule has 1 atom stereocenters. The SMILES string of the molecule is O=CC(C#Cc1ccccc1)(Cc1ccccc1)c1ccccc1. The summed E-state index contributed by atoms with van der Waals surface area (Å²) in [5.74, 6) is 6.42. The molecule has 116 valence electrons. The Hall–Kier alpha value is -3.11. The largest absolute Gasteiger partial charge is 0.301 e. The Labute approximate surface area is 143 Å². The third kappa shape index (κ3) is 3.62. The standard InChI is InChI=1S/C23H18O/c24-19-23(22-14-8-3-9-15-22,18-21-12-6-2-7-13-21)17-16-20-10-4-1-5-11-20/h1-15,19H,18H2. The second-order valence-corrected chi connectivity index (χ2v) is 5.73. The van der Waals surface area contributed by atoms with Crippen molar-refractivity contribution in [1.82, 2.24) is 0 Å². The van der Waals surface area contributed by atoms with E-state index in [-0.39, 0.29) is 0 Å². The first-order chi connectivity index (χ1) is 11.8. The Morgan fingerprint density at radius 2 is 1.29 bits per heavy atom. The van der Waals surface area contributed by atoms with Gasteiger partial charge in [-0.25, -0.2) is 0 Å². The van der Waals surface area contributed by atoms with E-state index in [1.165, 1.54) is 0 Å². The lowest BCUT2D eigenvalue weighted by Crippen LogP contribution is -2.29. The molecule has 0 radical (unpaired) electrons. The normalized spacial score (nSPS) is 12.5. The summed E-state index contributed by atoms with van der Waals surface area (Å²) in [6.45, 7) is 0. The maximum atomic E-state index is 12.2. The van der Waals surface area contributed by atoms with Gasteiger partial charge in [0, 0.05) is 5.56 Å². The fourth-order valence-corrected chi connectivity index (χ4v) is 2.72. The fourth-order valence-electron chi connectivity index (χ4n) is 2.72. The lowest BCUT2D eigenvalue weighted by atomic mass is 9.77. The molecule has 0 N–H and O–H groups in total. The molecule has 0 saturated heterocycles. The molecule has 0 saturated carbocycles. The van der Waals surface area contributed by atoms with Crippen molar-refractivity contribution in [2.75, 3.05) is 0 Å². The highest BCUT2D eigenvalue weighted by atomic mass is 16.1. The van der Waals surface area contributed by atoms with Crippen molar-refractivity contribution in [3.05, 3.63) is 108 Å². The Morgan fingerprint density at radius 3 is 1.88 bits per heavy atom. The van der Waals surface area contributed by atoms with Crippen LogP contribution < -0.4 is 0 Å². The molecule has 24 heavy (non-hydrogen) atoms. The second-order valence-electron chi connectivity index (χ2n) is 5.73. The minimum Gasteiger partial charge on any atom is -0.301 e. The van der Waals surface area contributed by atoms with Gasteiger partial charge in [0.2, 0.25) is 0 Å². The molecule has 0 aromatic heterocycles. The third-order valence-corrected chi connectivity index (χ3v) is 4.02. The molecule has 3 aromatic carbocycles. The zero-order valence-electron chi connectivity index (χ0n) is 13.4. The fraction of sp³-hybridized carbons (Fsp3) is 0.0870. The van der Waals surface area contributed by atoms with Crippen LogP contribution in [0.15, 0.2) is 91.0 Å². The number of carbonyl (C=O) groups is 1. The summed E-state index contributed by atoms with van der Waals surface area (Å²) in [5, 5.41) is 0. The van der Waals surface area contributed by atoms with E-state index in [1.807, 2.05) is 91.0 Å². The van der Waals surface area contributed by atoms with E-state index >= 15 is 0 Å². The second kappa shape index (κ2) is 7.44. The van der Waals surface area contributed by atoms with E-state index in [2.05, 4.69) is 11.8 Å². The first-order valence-corrected chi connectivity index (χ1v) is 7.96. The van der Waals surface area contributed by atoms with Gasteiger partial charge in [-0.1, -0.05) is 90.7 Å². The average molecular weight is 310 g/mol. The summed E-state index contributed by atoms with van der Waals surface area (Å²) in [5.41, 5.74) is 2.08. The summed E-state index contributed by atoms with van der Waals surface area (Å²) >= 11 is 0. The first kappa shape index (κ1) is 15.8. The van der Waals surface area contributed by atoms with E-state index in [1.54, 1.807) is 0 Å². The van der Waals surface area contributed by atoms with Gasteiger partial charge in [-0.3, -0.25) is 0 Å². The summed E-state index contributed by atoms with van der Waals surface area (Å²) in [7, 11) is 0. The Balaban J connectivity index is 2.06. The molecule has 0 aliphatic heterocycles. The molecule has 0 fully saturated rings. The molecular weight excluding hydrogens is 292 g/mol. The number of benzene rings is 3. The van der Waals surface area contributed by atoms with Crippen LogP contribution >= 0.6 is 0 Å². The molecule has 0 bridgehead atoms. The summed E-state index contributed by atoms with van der Waals surface area (Å²) in [6, 6.07) is 29.6. The van der Waals surface area contributed by atoms with Gasteiger partial charge in [0.25, 0.3) is 0 Å². The maximum absolute atomic E-state index is 12.2. The minimum atomic E-state index is -0.849. The van der Waals surface area contributed by atoms with Crippen LogP contribution in [0.25, 0.3) is 0 Å². The summed E-state index contributed by atoms with van der Waals surface area (Å²) in [6.07, 6.45) is 1.53. The number of carbonyl (C=O) groups excluding carboxylic acids is 1. The van der Waals surface area contributed by atoms with E-state index < -0.39 is 5.41 Å². The van der Waals surface area contributed by atoms with Gasteiger partial charge in [0.15, 0.2) is 0 Å². The van der Waals surface area contributed by atoms with Crippen LogP contribution in [0.3, 0.4) is 0 Å². The quantitative estimate of drug-likeness (QED) is 0.515. The van der Waals surface area contributed by atoms with Gasteiger partial charge < -0.3 is 4.79 Å². The van der Waals surface area contributed by atoms with Crippen LogP contribution in [-0.2, 0) is 16.6 Å². The van der Waals surface area contributed by atoms with Gasteiger partial charge in [0.1, 0.15) is 11.7 Å². The van der Waals surface area contributed by atoms with Gasteiger partial charge in [0.05, 0.1) is 0 Å². The van der Waals surface area contributed by atoms with Gasteiger partial charge >= 0.3 is 0 Å². The zero-order chi connectivity index (χ0) is 16.7. The van der Waals surface area contributed by atoms with E-state index in [0.717, 1.165) is 23.0 Å². The number of hydrogen-bond donors (Lipinski definition) is 0. The lowest BCUT2D eigenvalue weighted by Gasteiger charge is -2.23. The van der Waals surface area contributed by atoms with Crippen molar-refractivity contribution < 1.29 is 4.79 Å². The average Bonchev–Trinajstić information content (AvgIpc) is 2.67. The van der Waals surface area contributed by atoms with Gasteiger partial charge in [-0.05, 0) is 29.7 Å². The number of rotatable bonds is 4. The van der Waals surface area contributed by atoms with Crippen LogP contribution in [0, 0.1) is 11.8 Å². The van der Waals surface area contributed by atoms with E-state index in [4.69, 9.17) is 0 Å². The highest BCUT2D eigenvalue weighted by molar-refractivity contribution is 5.75. The molecule has 1 heteroatoms. The molecule has 0 amide bonds. The van der Waals surface area contributed by atoms with E-state index in [9.17, 15) is 4.79 Å². The van der Waals surface area contributed by atoms with Crippen LogP contribution in [0.5, 0.6) is 0 Å². The van der Waals surface area contributed by atoms with Crippen molar-refractivity contribution >= 4 is 6.29 Å². The monoisotopic (exact) mass is 310 g/mol. The first-order valence-electron chi connectivity index (χ1n) is 7.96. The molecule has 3 aromatic rings. The Morgan fingerprint density at radius 1 is 0.750 bits per heavy atom. The van der Waals surface area contributed by atoms with E-state index in [0.29, 0.717) is 6.42 Å². The van der Waals surface area contributed by atoms with Crippen molar-refractivity contribution in [2.45, 2.75) is 11.8 Å². The highest BCUT2D eigenvalue weighted by Crippen LogP contribution is 2.26. The molecule has 0 heterocycles. The summed E-state index contributed by atoms with van der Waals surface area (Å²) < 4.78 is 0. The summed E-state index contributed by atoms with van der Waals surface area (Å²) in [4.78, 5) is 12.2. The molecule has 0 spiro atoms. The molecule has 1 nitrogen and oxygen atoms in total. The van der Waals surface area contributed by atoms with Crippen molar-refractivity contribution in [3.8, 4) is 11.8 Å². The third-order valence-electron chi connectivity index (χ3n) is 4.02. The molecule has 3 rings (SSSR count).